The number of carbonyl (C=O) groups excluding carboxylic acids is 3. The summed E-state index contributed by atoms with van der Waals surface area (Å²) >= 11 is 0. The Balaban J connectivity index is 1.43. The number of aliphatic hydroxyl groups is 1. The number of hydrogen-bond acceptors (Lipinski definition) is 6. The van der Waals surface area contributed by atoms with E-state index in [9.17, 15) is 19.5 Å². The Morgan fingerprint density at radius 2 is 1.72 bits per heavy atom. The van der Waals surface area contributed by atoms with Crippen molar-refractivity contribution in [2.75, 3.05) is 36.5 Å². The monoisotopic (exact) mass is 590 g/mol. The first-order chi connectivity index (χ1) is 20.7. The molecule has 3 N–H and O–H groups in total. The minimum atomic E-state index is -1.10. The number of unbranched alkanes of at least 4 members (excludes halogenated alkanes) is 2. The lowest BCUT2D eigenvalue weighted by Crippen LogP contribution is -2.54. The molecule has 3 unspecified atom stereocenters. The van der Waals surface area contributed by atoms with Crippen LogP contribution in [0, 0.1) is 17.8 Å². The van der Waals surface area contributed by atoms with E-state index < -0.39 is 29.1 Å². The van der Waals surface area contributed by atoms with Crippen molar-refractivity contribution in [1.82, 2.24) is 10.2 Å². The summed E-state index contributed by atoms with van der Waals surface area (Å²) in [6, 6.07) is 16.6. The quantitative estimate of drug-likeness (QED) is 0.305. The van der Waals surface area contributed by atoms with Crippen LogP contribution in [0.15, 0.2) is 54.6 Å². The summed E-state index contributed by atoms with van der Waals surface area (Å²) in [5.41, 5.74) is 0.737. The highest BCUT2D eigenvalue weighted by Crippen LogP contribution is 2.65. The second-order valence-electron chi connectivity index (χ2n) is 12.4. The first-order valence-corrected chi connectivity index (χ1v) is 15.8. The molecular formula is C34H46N4O5. The average molecular weight is 591 g/mol. The van der Waals surface area contributed by atoms with Crippen molar-refractivity contribution in [3.63, 3.8) is 0 Å². The molecule has 0 aliphatic carbocycles. The van der Waals surface area contributed by atoms with Gasteiger partial charge in [0.05, 0.1) is 17.4 Å². The molecule has 2 aromatic carbocycles. The molecule has 0 aromatic heterocycles. The lowest BCUT2D eigenvalue weighted by molar-refractivity contribution is -0.146. The number of amides is 3. The molecule has 3 aliphatic heterocycles. The van der Waals surface area contributed by atoms with Crippen molar-refractivity contribution in [3.05, 3.63) is 60.2 Å². The molecule has 6 atom stereocenters. The lowest BCUT2D eigenvalue weighted by atomic mass is 9.62. The Morgan fingerprint density at radius 1 is 1.02 bits per heavy atom. The number of anilines is 2. The maximum atomic E-state index is 14.3. The molecule has 9 nitrogen and oxygen atoms in total. The van der Waals surface area contributed by atoms with Crippen molar-refractivity contribution < 1.29 is 24.2 Å². The Hall–Kier alpha value is -3.43. The number of ether oxygens (including phenoxy) is 1. The van der Waals surface area contributed by atoms with Gasteiger partial charge in [0.1, 0.15) is 11.6 Å². The topological polar surface area (TPSA) is 111 Å². The lowest BCUT2D eigenvalue weighted by Gasteiger charge is -2.36. The summed E-state index contributed by atoms with van der Waals surface area (Å²) in [6.07, 6.45) is 2.53. The minimum absolute atomic E-state index is 0.0259. The second kappa shape index (κ2) is 12.7. The van der Waals surface area contributed by atoms with E-state index in [1.807, 2.05) is 61.5 Å². The fraction of sp³-hybridized carbons (Fsp3) is 0.559. The zero-order valence-corrected chi connectivity index (χ0v) is 25.8. The highest BCUT2D eigenvalue weighted by atomic mass is 16.5. The molecular weight excluding hydrogens is 544 g/mol. The largest absolute Gasteiger partial charge is 0.396 e. The van der Waals surface area contributed by atoms with Gasteiger partial charge in [0, 0.05) is 44.2 Å². The Bertz CT molecular complexity index is 1300. The molecule has 43 heavy (non-hydrogen) atoms. The van der Waals surface area contributed by atoms with Gasteiger partial charge < -0.3 is 30.3 Å². The molecule has 5 rings (SSSR count). The van der Waals surface area contributed by atoms with Crippen LogP contribution in [0.2, 0.25) is 0 Å². The summed E-state index contributed by atoms with van der Waals surface area (Å²) < 4.78 is 6.82. The summed E-state index contributed by atoms with van der Waals surface area (Å²) in [6.45, 7) is 10.8. The van der Waals surface area contributed by atoms with Crippen LogP contribution in [0.5, 0.6) is 0 Å². The predicted molar refractivity (Wildman–Crippen MR) is 166 cm³/mol. The maximum absolute atomic E-state index is 14.3. The van der Waals surface area contributed by atoms with Crippen LogP contribution < -0.4 is 15.5 Å². The number of benzene rings is 2. The summed E-state index contributed by atoms with van der Waals surface area (Å²) in [4.78, 5) is 46.2. The number of rotatable bonds is 13. The van der Waals surface area contributed by atoms with Gasteiger partial charge in [-0.2, -0.15) is 0 Å². The van der Waals surface area contributed by atoms with Crippen LogP contribution in [0.1, 0.15) is 58.9 Å². The summed E-state index contributed by atoms with van der Waals surface area (Å²) in [5.74, 6) is -2.19. The third-order valence-electron chi connectivity index (χ3n) is 9.98. The molecule has 3 heterocycles. The number of likely N-dealkylation sites (tertiary alicyclic amines) is 1. The van der Waals surface area contributed by atoms with Crippen LogP contribution in [0.4, 0.5) is 11.4 Å². The molecule has 0 saturated carbocycles. The number of carbonyl (C=O) groups is 3. The highest BCUT2D eigenvalue weighted by molar-refractivity contribution is 6.03. The maximum Gasteiger partial charge on any atom is 0.250 e. The zero-order valence-electron chi connectivity index (χ0n) is 25.8. The van der Waals surface area contributed by atoms with Gasteiger partial charge in [-0.25, -0.2) is 0 Å². The Labute approximate surface area is 255 Å². The molecule has 2 bridgehead atoms. The van der Waals surface area contributed by atoms with Gasteiger partial charge in [-0.1, -0.05) is 37.3 Å². The number of hydrogen-bond donors (Lipinski definition) is 3. The average Bonchev–Trinajstić information content (AvgIpc) is 3.52. The third kappa shape index (κ3) is 5.53. The predicted octanol–water partition coefficient (Wildman–Crippen LogP) is 3.96. The molecule has 2 aromatic rings. The molecule has 0 radical (unpaired) electrons. The Kier molecular flexibility index (Phi) is 9.13. The number of aliphatic hydroxyl groups excluding tert-OH is 1. The molecule has 3 saturated heterocycles. The van der Waals surface area contributed by atoms with Crippen LogP contribution in [0.3, 0.4) is 0 Å². The van der Waals surface area contributed by atoms with Gasteiger partial charge in [0.25, 0.3) is 0 Å². The number of nitrogens with zero attached hydrogens (tertiary/aromatic N) is 2. The van der Waals surface area contributed by atoms with E-state index in [-0.39, 0.29) is 30.2 Å². The van der Waals surface area contributed by atoms with E-state index in [4.69, 9.17) is 4.74 Å². The molecule has 9 heteroatoms. The van der Waals surface area contributed by atoms with Crippen LogP contribution in [0.25, 0.3) is 0 Å². The van der Waals surface area contributed by atoms with E-state index in [1.165, 1.54) is 0 Å². The van der Waals surface area contributed by atoms with Gasteiger partial charge in [0.2, 0.25) is 17.7 Å². The van der Waals surface area contributed by atoms with Crippen molar-refractivity contribution in [3.8, 4) is 0 Å². The minimum Gasteiger partial charge on any atom is -0.396 e. The fourth-order valence-corrected chi connectivity index (χ4v) is 7.70. The van der Waals surface area contributed by atoms with Gasteiger partial charge in [-0.3, -0.25) is 14.4 Å². The molecule has 232 valence electrons. The Morgan fingerprint density at radius 3 is 2.37 bits per heavy atom. The standard InChI is InChI=1S/C34H46N4O5/c1-5-37(6-2)26-17-15-25(16-18-26)36-31(41)29-34-21-23(3)33(4,43-34)27(30(40)35-22-24-13-9-7-10-14-24)28(34)32(42)38(29)19-11-8-12-20-39/h7,9-10,13-18,23,27-29,39H,5-6,8,11-12,19-22H2,1-4H3,(H,35,40)(H,36,41)/t23?,27-,28-,29?,33+,34?/m0/s1. The molecule has 3 fully saturated rings. The number of nitrogens with one attached hydrogen (secondary N) is 2. The van der Waals surface area contributed by atoms with Gasteiger partial charge in [-0.05, 0) is 82.2 Å². The fourth-order valence-electron chi connectivity index (χ4n) is 7.70. The van der Waals surface area contributed by atoms with Crippen LogP contribution in [-0.2, 0) is 25.7 Å². The molecule has 1 spiro atoms. The van der Waals surface area contributed by atoms with Gasteiger partial charge in [0.15, 0.2) is 0 Å². The zero-order chi connectivity index (χ0) is 30.8. The van der Waals surface area contributed by atoms with Crippen LogP contribution in [-0.4, -0.2) is 71.2 Å². The van der Waals surface area contributed by atoms with Crippen molar-refractivity contribution in [1.29, 1.82) is 0 Å². The third-order valence-corrected chi connectivity index (χ3v) is 9.98. The first kappa shape index (κ1) is 31.0. The highest BCUT2D eigenvalue weighted by Gasteiger charge is 2.79. The van der Waals surface area contributed by atoms with E-state index in [1.54, 1.807) is 4.90 Å². The second-order valence-corrected chi connectivity index (χ2v) is 12.4. The first-order valence-electron chi connectivity index (χ1n) is 15.8. The van der Waals surface area contributed by atoms with E-state index in [0.717, 1.165) is 30.8 Å². The van der Waals surface area contributed by atoms with Crippen molar-refractivity contribution in [2.24, 2.45) is 17.8 Å². The SMILES string of the molecule is CCN(CC)c1ccc(NC(=O)C2N(CCCCCO)C(=O)[C@@H]3[C@@H](C(=O)NCc4ccccc4)[C@]4(C)OC23CC4C)cc1. The number of fused-ring (bicyclic) bond motifs is 1. The van der Waals surface area contributed by atoms with E-state index >= 15 is 0 Å². The summed E-state index contributed by atoms with van der Waals surface area (Å²) in [5, 5.41) is 15.4. The van der Waals surface area contributed by atoms with Gasteiger partial charge in [-0.15, -0.1) is 0 Å². The van der Waals surface area contributed by atoms with E-state index in [0.29, 0.717) is 38.0 Å². The smallest absolute Gasteiger partial charge is 0.250 e. The van der Waals surface area contributed by atoms with Gasteiger partial charge >= 0.3 is 0 Å². The molecule has 3 amide bonds. The van der Waals surface area contributed by atoms with Crippen LogP contribution >= 0.6 is 0 Å². The summed E-state index contributed by atoms with van der Waals surface area (Å²) in [7, 11) is 0. The normalized spacial score (nSPS) is 29.0. The van der Waals surface area contributed by atoms with Crippen molar-refractivity contribution in [2.45, 2.75) is 77.2 Å². The van der Waals surface area contributed by atoms with E-state index in [2.05, 4.69) is 36.3 Å². The molecule has 3 aliphatic rings. The van der Waals surface area contributed by atoms with Crippen molar-refractivity contribution >= 4 is 29.1 Å².